The topological polar surface area (TPSA) is 81.2 Å². The first-order chi connectivity index (χ1) is 13.4. The molecule has 0 bridgehead atoms. The minimum absolute atomic E-state index is 0.0807. The molecule has 148 valence electrons. The molecule has 1 fully saturated rings. The smallest absolute Gasteiger partial charge is 0.272 e. The summed E-state index contributed by atoms with van der Waals surface area (Å²) in [6.07, 6.45) is 2.35. The van der Waals surface area contributed by atoms with Crippen LogP contribution < -0.4 is 10.1 Å². The van der Waals surface area contributed by atoms with E-state index in [2.05, 4.69) is 15.3 Å². The number of rotatable bonds is 9. The molecule has 3 rings (SSSR count). The third kappa shape index (κ3) is 5.69. The molecule has 1 aliphatic carbocycles. The molecule has 28 heavy (non-hydrogen) atoms. The van der Waals surface area contributed by atoms with Crippen LogP contribution in [0.5, 0.6) is 5.88 Å². The van der Waals surface area contributed by atoms with Crippen LogP contribution in [0.25, 0.3) is 0 Å². The molecule has 9 heteroatoms. The zero-order valence-corrected chi connectivity index (χ0v) is 15.6. The number of halogens is 3. The summed E-state index contributed by atoms with van der Waals surface area (Å²) in [7, 11) is 0. The van der Waals surface area contributed by atoms with Crippen molar-refractivity contribution in [3.8, 4) is 5.88 Å². The Bertz CT molecular complexity index is 875. The van der Waals surface area contributed by atoms with Gasteiger partial charge in [-0.1, -0.05) is 11.6 Å². The molecule has 1 amide bonds. The largest absolute Gasteiger partial charge is 0.471 e. The number of nitrogens with zero attached hydrogens (tertiary/aromatic N) is 2. The predicted octanol–water partition coefficient (Wildman–Crippen LogP) is 3.23. The maximum absolute atomic E-state index is 12.3. The van der Waals surface area contributed by atoms with Crippen molar-refractivity contribution < 1.29 is 23.1 Å². The minimum Gasteiger partial charge on any atom is -0.471 e. The number of hydrogen-bond donors (Lipinski definition) is 1. The first kappa shape index (κ1) is 20.1. The zero-order valence-electron chi connectivity index (χ0n) is 14.8. The standard InChI is InChI=1S/C19H18ClF2N3O3/c20-15-5-11(9-25-19(15)28-10-17(21)22)8-24-18(27)13-3-4-23-14(6-13)7-16(26)12-1-2-12/h3-6,9,12,17H,1-2,7-8,10H2,(H,24,27). The van der Waals surface area contributed by atoms with Gasteiger partial charge in [0.15, 0.2) is 6.61 Å². The molecule has 0 radical (unpaired) electrons. The number of amides is 1. The van der Waals surface area contributed by atoms with Crippen molar-refractivity contribution in [1.29, 1.82) is 0 Å². The van der Waals surface area contributed by atoms with Crippen LogP contribution >= 0.6 is 11.6 Å². The SMILES string of the molecule is O=C(NCc1cnc(OCC(F)F)c(Cl)c1)c1ccnc(CC(=O)C2CC2)c1. The van der Waals surface area contributed by atoms with Crippen LogP contribution in [0.3, 0.4) is 0 Å². The number of Topliss-reactive ketones (excluding diaryl/α,β-unsaturated/α-hetero) is 1. The fraction of sp³-hybridized carbons (Fsp3) is 0.368. The Morgan fingerprint density at radius 2 is 2.07 bits per heavy atom. The molecule has 1 N–H and O–H groups in total. The second-order valence-electron chi connectivity index (χ2n) is 6.47. The lowest BCUT2D eigenvalue weighted by Gasteiger charge is -2.09. The van der Waals surface area contributed by atoms with E-state index in [1.54, 1.807) is 12.1 Å². The summed E-state index contributed by atoms with van der Waals surface area (Å²) in [6, 6.07) is 4.65. The lowest BCUT2D eigenvalue weighted by Crippen LogP contribution is -2.23. The third-order valence-electron chi connectivity index (χ3n) is 4.13. The Morgan fingerprint density at radius 3 is 2.75 bits per heavy atom. The number of hydrogen-bond acceptors (Lipinski definition) is 5. The van der Waals surface area contributed by atoms with E-state index in [9.17, 15) is 18.4 Å². The summed E-state index contributed by atoms with van der Waals surface area (Å²) >= 11 is 5.96. The highest BCUT2D eigenvalue weighted by molar-refractivity contribution is 6.31. The molecule has 0 atom stereocenters. The summed E-state index contributed by atoms with van der Waals surface area (Å²) < 4.78 is 29.2. The van der Waals surface area contributed by atoms with Crippen LogP contribution in [0.2, 0.25) is 5.02 Å². The van der Waals surface area contributed by atoms with Crippen molar-refractivity contribution in [2.24, 2.45) is 5.92 Å². The number of ether oxygens (including phenoxy) is 1. The van der Waals surface area contributed by atoms with Gasteiger partial charge >= 0.3 is 0 Å². The number of carbonyl (C=O) groups is 2. The molecule has 6 nitrogen and oxygen atoms in total. The number of alkyl halides is 2. The average Bonchev–Trinajstić information content (AvgIpc) is 3.50. The molecule has 2 aromatic heterocycles. The quantitative estimate of drug-likeness (QED) is 0.687. The van der Waals surface area contributed by atoms with E-state index in [-0.39, 0.29) is 41.5 Å². The van der Waals surface area contributed by atoms with E-state index in [1.165, 1.54) is 18.5 Å². The normalized spacial score (nSPS) is 13.4. The molecule has 0 unspecified atom stereocenters. The van der Waals surface area contributed by atoms with Gasteiger partial charge < -0.3 is 10.1 Å². The second kappa shape index (κ2) is 9.05. The molecule has 0 spiro atoms. The highest BCUT2D eigenvalue weighted by atomic mass is 35.5. The van der Waals surface area contributed by atoms with Gasteiger partial charge in [-0.05, 0) is 36.6 Å². The van der Waals surface area contributed by atoms with Crippen LogP contribution in [-0.2, 0) is 17.8 Å². The van der Waals surface area contributed by atoms with Crippen LogP contribution in [0.4, 0.5) is 8.78 Å². The Kier molecular flexibility index (Phi) is 6.51. The van der Waals surface area contributed by atoms with Gasteiger partial charge in [-0.3, -0.25) is 14.6 Å². The molecule has 1 saturated carbocycles. The molecule has 2 heterocycles. The zero-order chi connectivity index (χ0) is 20.1. The maximum Gasteiger partial charge on any atom is 0.272 e. The van der Waals surface area contributed by atoms with Gasteiger partial charge in [0.1, 0.15) is 10.8 Å². The van der Waals surface area contributed by atoms with Crippen molar-refractivity contribution in [3.05, 3.63) is 52.4 Å². The number of aromatic nitrogens is 2. The summed E-state index contributed by atoms with van der Waals surface area (Å²) in [5.41, 5.74) is 1.54. The van der Waals surface area contributed by atoms with Crippen molar-refractivity contribution in [1.82, 2.24) is 15.3 Å². The van der Waals surface area contributed by atoms with Gasteiger partial charge in [0.05, 0.1) is 0 Å². The highest BCUT2D eigenvalue weighted by Crippen LogP contribution is 2.30. The Balaban J connectivity index is 1.56. The van der Waals surface area contributed by atoms with Gasteiger partial charge in [-0.2, -0.15) is 0 Å². The fourth-order valence-corrected chi connectivity index (χ4v) is 2.78. The first-order valence-corrected chi connectivity index (χ1v) is 9.11. The maximum atomic E-state index is 12.3. The molecule has 2 aromatic rings. The van der Waals surface area contributed by atoms with Crippen LogP contribution in [0.1, 0.15) is 34.5 Å². The number of carbonyl (C=O) groups excluding carboxylic acids is 2. The number of nitrogens with one attached hydrogen (secondary N) is 1. The number of ketones is 1. The van der Waals surface area contributed by atoms with Gasteiger partial charge in [0, 0.05) is 42.5 Å². The molecule has 0 aromatic carbocycles. The van der Waals surface area contributed by atoms with Gasteiger partial charge in [0.2, 0.25) is 5.88 Å². The van der Waals surface area contributed by atoms with E-state index >= 15 is 0 Å². The van der Waals surface area contributed by atoms with E-state index in [4.69, 9.17) is 16.3 Å². The van der Waals surface area contributed by atoms with Crippen molar-refractivity contribution >= 4 is 23.3 Å². The van der Waals surface area contributed by atoms with Crippen molar-refractivity contribution in [2.75, 3.05) is 6.61 Å². The van der Waals surface area contributed by atoms with E-state index in [1.807, 2.05) is 0 Å². The second-order valence-corrected chi connectivity index (χ2v) is 6.88. The summed E-state index contributed by atoms with van der Waals surface area (Å²) in [4.78, 5) is 32.3. The van der Waals surface area contributed by atoms with Crippen LogP contribution in [-0.4, -0.2) is 34.7 Å². The fourth-order valence-electron chi connectivity index (χ4n) is 2.54. The van der Waals surface area contributed by atoms with Gasteiger partial charge in [-0.25, -0.2) is 13.8 Å². The van der Waals surface area contributed by atoms with Crippen LogP contribution in [0, 0.1) is 5.92 Å². The van der Waals surface area contributed by atoms with Crippen molar-refractivity contribution in [3.63, 3.8) is 0 Å². The summed E-state index contributed by atoms with van der Waals surface area (Å²) in [5.74, 6) is -0.128. The van der Waals surface area contributed by atoms with E-state index < -0.39 is 13.0 Å². The highest BCUT2D eigenvalue weighted by Gasteiger charge is 2.29. The van der Waals surface area contributed by atoms with Gasteiger partial charge in [0.25, 0.3) is 12.3 Å². The summed E-state index contributed by atoms with van der Waals surface area (Å²) in [5, 5.41) is 2.80. The molecule has 0 aliphatic heterocycles. The summed E-state index contributed by atoms with van der Waals surface area (Å²) in [6.45, 7) is -0.657. The first-order valence-electron chi connectivity index (χ1n) is 8.73. The minimum atomic E-state index is -2.62. The molecule has 1 aliphatic rings. The molecular weight excluding hydrogens is 392 g/mol. The molecule has 0 saturated heterocycles. The van der Waals surface area contributed by atoms with Crippen molar-refractivity contribution in [2.45, 2.75) is 32.2 Å². The Morgan fingerprint density at radius 1 is 1.29 bits per heavy atom. The monoisotopic (exact) mass is 409 g/mol. The Hall–Kier alpha value is -2.61. The van der Waals surface area contributed by atoms with Gasteiger partial charge in [-0.15, -0.1) is 0 Å². The molecular formula is C19H18ClF2N3O3. The number of pyridine rings is 2. The predicted molar refractivity (Wildman–Crippen MR) is 97.6 cm³/mol. The Labute approximate surface area is 165 Å². The average molecular weight is 410 g/mol. The van der Waals surface area contributed by atoms with E-state index in [0.717, 1.165) is 12.8 Å². The van der Waals surface area contributed by atoms with E-state index in [0.29, 0.717) is 16.8 Å². The lowest BCUT2D eigenvalue weighted by molar-refractivity contribution is -0.119. The third-order valence-corrected chi connectivity index (χ3v) is 4.40. The lowest BCUT2D eigenvalue weighted by atomic mass is 10.1. The van der Waals surface area contributed by atoms with Crippen LogP contribution in [0.15, 0.2) is 30.6 Å².